The predicted octanol–water partition coefficient (Wildman–Crippen LogP) is 8.51. The number of hydrogen-bond acceptors (Lipinski definition) is 4. The highest BCUT2D eigenvalue weighted by Gasteiger charge is 2.29. The summed E-state index contributed by atoms with van der Waals surface area (Å²) in [4.78, 5) is 14.2. The number of amides is 1. The average molecular weight is 627 g/mol. The number of rotatable bonds is 14. The Labute approximate surface area is 260 Å². The Bertz CT molecular complexity index is 1480. The molecule has 226 valence electrons. The predicted molar refractivity (Wildman–Crippen MR) is 168 cm³/mol. The summed E-state index contributed by atoms with van der Waals surface area (Å²) in [6.45, 7) is 2.60. The van der Waals surface area contributed by atoms with Crippen molar-refractivity contribution in [1.82, 2.24) is 4.90 Å². The number of alkyl halides is 2. The Morgan fingerprint density at radius 3 is 2.19 bits per heavy atom. The summed E-state index contributed by atoms with van der Waals surface area (Å²) >= 11 is 7.74. The highest BCUT2D eigenvalue weighted by Crippen LogP contribution is 2.36. The SMILES string of the molecule is CSc1cc(OCCCN(Cc2cccc(C(C)(F)F)c2Cl)CC(c2ccccc2)c2ccccc2)cc(F)c1C(N)=O. The van der Waals surface area contributed by atoms with E-state index >= 15 is 0 Å². The van der Waals surface area contributed by atoms with E-state index in [0.717, 1.165) is 24.1 Å². The molecule has 4 rings (SSSR count). The molecular formula is C34H34ClF3N2O2S. The minimum Gasteiger partial charge on any atom is -0.493 e. The van der Waals surface area contributed by atoms with Gasteiger partial charge in [0.15, 0.2) is 0 Å². The van der Waals surface area contributed by atoms with Crippen molar-refractivity contribution in [2.24, 2.45) is 5.73 Å². The number of benzene rings is 4. The number of carbonyl (C=O) groups is 1. The van der Waals surface area contributed by atoms with Gasteiger partial charge in [-0.1, -0.05) is 90.5 Å². The van der Waals surface area contributed by atoms with Crippen molar-refractivity contribution in [1.29, 1.82) is 0 Å². The molecule has 9 heteroatoms. The lowest BCUT2D eigenvalue weighted by atomic mass is 9.90. The van der Waals surface area contributed by atoms with E-state index in [1.54, 1.807) is 24.5 Å². The zero-order valence-corrected chi connectivity index (χ0v) is 25.6. The third-order valence-electron chi connectivity index (χ3n) is 7.17. The second-order valence-corrected chi connectivity index (χ2v) is 11.6. The van der Waals surface area contributed by atoms with E-state index < -0.39 is 17.6 Å². The number of thioether (sulfide) groups is 1. The van der Waals surface area contributed by atoms with E-state index in [0.29, 0.717) is 42.3 Å². The van der Waals surface area contributed by atoms with E-state index in [1.807, 2.05) is 36.4 Å². The number of halogens is 4. The van der Waals surface area contributed by atoms with Crippen LogP contribution >= 0.6 is 23.4 Å². The molecule has 0 radical (unpaired) electrons. The van der Waals surface area contributed by atoms with Crippen LogP contribution in [0.5, 0.6) is 5.75 Å². The highest BCUT2D eigenvalue weighted by molar-refractivity contribution is 7.98. The van der Waals surface area contributed by atoms with Gasteiger partial charge < -0.3 is 10.5 Å². The van der Waals surface area contributed by atoms with Crippen molar-refractivity contribution >= 4 is 29.3 Å². The first-order chi connectivity index (χ1) is 20.6. The van der Waals surface area contributed by atoms with Crippen molar-refractivity contribution in [3.05, 3.63) is 130 Å². The summed E-state index contributed by atoms with van der Waals surface area (Å²) in [5.74, 6) is -4.33. The molecule has 4 nitrogen and oxygen atoms in total. The first-order valence-electron chi connectivity index (χ1n) is 13.9. The molecule has 0 atom stereocenters. The topological polar surface area (TPSA) is 55.6 Å². The van der Waals surface area contributed by atoms with Gasteiger partial charge in [0.05, 0.1) is 17.2 Å². The maximum absolute atomic E-state index is 14.6. The van der Waals surface area contributed by atoms with Crippen molar-refractivity contribution in [2.75, 3.05) is 26.0 Å². The molecule has 0 heterocycles. The molecule has 0 saturated heterocycles. The zero-order valence-electron chi connectivity index (χ0n) is 24.0. The second-order valence-electron chi connectivity index (χ2n) is 10.3. The molecule has 0 aliphatic rings. The van der Waals surface area contributed by atoms with E-state index in [1.165, 1.54) is 17.8 Å². The lowest BCUT2D eigenvalue weighted by Gasteiger charge is -2.29. The van der Waals surface area contributed by atoms with Gasteiger partial charge in [0.2, 0.25) is 0 Å². The van der Waals surface area contributed by atoms with Crippen molar-refractivity contribution in [3.8, 4) is 5.75 Å². The Morgan fingerprint density at radius 1 is 1.00 bits per heavy atom. The molecule has 0 saturated carbocycles. The molecule has 0 aromatic heterocycles. The normalized spacial score (nSPS) is 11.7. The van der Waals surface area contributed by atoms with Gasteiger partial charge >= 0.3 is 0 Å². The van der Waals surface area contributed by atoms with Crippen LogP contribution in [0, 0.1) is 5.82 Å². The smallest absolute Gasteiger partial charge is 0.271 e. The number of primary amides is 1. The third-order valence-corrected chi connectivity index (χ3v) is 8.38. The molecule has 0 spiro atoms. The summed E-state index contributed by atoms with van der Waals surface area (Å²) in [7, 11) is 0. The quantitative estimate of drug-likeness (QED) is 0.113. The first-order valence-corrected chi connectivity index (χ1v) is 15.5. The standard InChI is InChI=1S/C34H34ClF3N2O2S/c1-34(37,38)28-16-9-15-25(32(28)35)21-40(22-27(23-11-5-3-6-12-23)24-13-7-4-8-14-24)17-10-18-42-26-19-29(36)31(33(39)41)30(20-26)43-2/h3-9,11-16,19-20,27H,10,17-18,21-22H2,1-2H3,(H2,39,41). The summed E-state index contributed by atoms with van der Waals surface area (Å²) < 4.78 is 49.0. The summed E-state index contributed by atoms with van der Waals surface area (Å²) in [6, 6.07) is 27.8. The van der Waals surface area contributed by atoms with Gasteiger partial charge in [0, 0.05) is 49.0 Å². The molecule has 1 amide bonds. The minimum atomic E-state index is -3.07. The Hall–Kier alpha value is -3.46. The van der Waals surface area contributed by atoms with Gasteiger partial charge in [-0.2, -0.15) is 0 Å². The number of nitrogens with zero attached hydrogens (tertiary/aromatic N) is 1. The zero-order chi connectivity index (χ0) is 31.0. The van der Waals surface area contributed by atoms with Crippen LogP contribution in [-0.4, -0.2) is 36.8 Å². The second kappa shape index (κ2) is 14.8. The number of ether oxygens (including phenoxy) is 1. The number of nitrogens with two attached hydrogens (primary N) is 1. The fourth-order valence-corrected chi connectivity index (χ4v) is 6.06. The molecule has 0 aliphatic heterocycles. The molecule has 2 N–H and O–H groups in total. The van der Waals surface area contributed by atoms with Crippen LogP contribution in [0.25, 0.3) is 0 Å². The van der Waals surface area contributed by atoms with Crippen LogP contribution in [0.15, 0.2) is 95.9 Å². The molecule has 0 fully saturated rings. The van der Waals surface area contributed by atoms with Crippen LogP contribution < -0.4 is 10.5 Å². The minimum absolute atomic E-state index is 0.0115. The van der Waals surface area contributed by atoms with Gasteiger partial charge in [0.25, 0.3) is 11.8 Å². The molecule has 4 aromatic rings. The molecular weight excluding hydrogens is 593 g/mol. The Kier molecular flexibility index (Phi) is 11.2. The maximum atomic E-state index is 14.6. The van der Waals surface area contributed by atoms with Gasteiger partial charge in [-0.15, -0.1) is 11.8 Å². The lowest BCUT2D eigenvalue weighted by molar-refractivity contribution is 0.0174. The Balaban J connectivity index is 1.57. The molecule has 4 aromatic carbocycles. The fraction of sp³-hybridized carbons (Fsp3) is 0.265. The lowest BCUT2D eigenvalue weighted by Crippen LogP contribution is -2.31. The van der Waals surface area contributed by atoms with E-state index in [-0.39, 0.29) is 28.7 Å². The van der Waals surface area contributed by atoms with Crippen molar-refractivity contribution in [3.63, 3.8) is 0 Å². The molecule has 0 unspecified atom stereocenters. The highest BCUT2D eigenvalue weighted by atomic mass is 35.5. The summed E-state index contributed by atoms with van der Waals surface area (Å²) in [6.07, 6.45) is 2.29. The fourth-order valence-electron chi connectivity index (χ4n) is 5.07. The van der Waals surface area contributed by atoms with Gasteiger partial charge in [-0.3, -0.25) is 9.69 Å². The van der Waals surface area contributed by atoms with Crippen LogP contribution in [0.1, 0.15) is 51.9 Å². The monoisotopic (exact) mass is 626 g/mol. The van der Waals surface area contributed by atoms with Gasteiger partial charge in [-0.25, -0.2) is 13.2 Å². The van der Waals surface area contributed by atoms with E-state index in [4.69, 9.17) is 22.1 Å². The average Bonchev–Trinajstić information content (AvgIpc) is 2.98. The van der Waals surface area contributed by atoms with E-state index in [9.17, 15) is 18.0 Å². The number of carbonyl (C=O) groups excluding carboxylic acids is 1. The summed E-state index contributed by atoms with van der Waals surface area (Å²) in [5.41, 5.74) is 7.84. The first kappa shape index (κ1) is 32.5. The third kappa shape index (κ3) is 8.56. The van der Waals surface area contributed by atoms with Crippen LogP contribution in [0.2, 0.25) is 5.02 Å². The van der Waals surface area contributed by atoms with Gasteiger partial charge in [0.1, 0.15) is 11.6 Å². The maximum Gasteiger partial charge on any atom is 0.271 e. The summed E-state index contributed by atoms with van der Waals surface area (Å²) in [5, 5.41) is 0.0573. The van der Waals surface area contributed by atoms with E-state index in [2.05, 4.69) is 29.2 Å². The largest absolute Gasteiger partial charge is 0.493 e. The Morgan fingerprint density at radius 2 is 1.63 bits per heavy atom. The van der Waals surface area contributed by atoms with Crippen molar-refractivity contribution in [2.45, 2.75) is 36.6 Å². The van der Waals surface area contributed by atoms with Crippen LogP contribution in [-0.2, 0) is 12.5 Å². The van der Waals surface area contributed by atoms with Crippen LogP contribution in [0.4, 0.5) is 13.2 Å². The van der Waals surface area contributed by atoms with Gasteiger partial charge in [-0.05, 0) is 35.4 Å². The number of hydrogen-bond donors (Lipinski definition) is 1. The van der Waals surface area contributed by atoms with Crippen LogP contribution in [0.3, 0.4) is 0 Å². The molecule has 0 bridgehead atoms. The molecule has 0 aliphatic carbocycles. The molecule has 43 heavy (non-hydrogen) atoms. The van der Waals surface area contributed by atoms with Crippen molar-refractivity contribution < 1.29 is 22.7 Å².